The molecule has 0 atom stereocenters. The summed E-state index contributed by atoms with van der Waals surface area (Å²) in [5, 5.41) is 4.54. The first kappa shape index (κ1) is 29.8. The van der Waals surface area contributed by atoms with Crippen LogP contribution in [0.2, 0.25) is 0 Å². The maximum atomic E-state index is 13.6. The summed E-state index contributed by atoms with van der Waals surface area (Å²) in [7, 11) is -3.85. The Morgan fingerprint density at radius 1 is 1.02 bits per heavy atom. The van der Waals surface area contributed by atoms with Crippen LogP contribution in [0, 0.1) is 0 Å². The van der Waals surface area contributed by atoms with Crippen LogP contribution in [0.4, 0.5) is 0 Å². The number of H-pyrrole nitrogens is 1. The molecule has 1 fully saturated rings. The molecule has 1 aliphatic heterocycles. The summed E-state index contributed by atoms with van der Waals surface area (Å²) >= 11 is 0. The quantitative estimate of drug-likeness (QED) is 0.241. The number of rotatable bonds is 12. The van der Waals surface area contributed by atoms with Gasteiger partial charge in [-0.1, -0.05) is 19.9 Å². The predicted molar refractivity (Wildman–Crippen MR) is 157 cm³/mol. The van der Waals surface area contributed by atoms with Gasteiger partial charge in [0.1, 0.15) is 22.8 Å². The summed E-state index contributed by atoms with van der Waals surface area (Å²) in [5.41, 5.74) is 1.98. The third kappa shape index (κ3) is 6.21. The Bertz CT molecular complexity index is 1680. The molecule has 13 nitrogen and oxygen atoms in total. The second-order valence-electron chi connectivity index (χ2n) is 9.80. The number of hydrogen-bond donors (Lipinski definition) is 1. The maximum absolute atomic E-state index is 13.6. The van der Waals surface area contributed by atoms with Crippen molar-refractivity contribution in [1.82, 2.24) is 38.9 Å². The summed E-state index contributed by atoms with van der Waals surface area (Å²) in [6.07, 6.45) is 3.56. The number of aromatic nitrogens is 6. The van der Waals surface area contributed by atoms with Crippen LogP contribution < -0.4 is 10.3 Å². The Labute approximate surface area is 244 Å². The van der Waals surface area contributed by atoms with E-state index in [0.717, 1.165) is 17.9 Å². The Kier molecular flexibility index (Phi) is 9.26. The maximum Gasteiger partial charge on any atom is 0.279 e. The number of aryl methyl sites for hydroxylation is 1. The number of likely N-dealkylation sites (N-methyl/N-ethyl adjacent to an activating group) is 1. The van der Waals surface area contributed by atoms with Crippen LogP contribution in [0.5, 0.6) is 5.88 Å². The lowest BCUT2D eigenvalue weighted by molar-refractivity contribution is 0.108. The molecule has 5 rings (SSSR count). The zero-order chi connectivity index (χ0) is 29.7. The Morgan fingerprint density at radius 2 is 1.83 bits per heavy atom. The van der Waals surface area contributed by atoms with Gasteiger partial charge in [0.2, 0.25) is 15.9 Å². The third-order valence-corrected chi connectivity index (χ3v) is 9.11. The van der Waals surface area contributed by atoms with Gasteiger partial charge in [-0.3, -0.25) is 14.5 Å². The Balaban J connectivity index is 1.57. The van der Waals surface area contributed by atoms with Crippen LogP contribution in [0.3, 0.4) is 0 Å². The highest BCUT2D eigenvalue weighted by Gasteiger charge is 2.30. The largest absolute Gasteiger partial charge is 0.475 e. The Morgan fingerprint density at radius 3 is 2.52 bits per heavy atom. The van der Waals surface area contributed by atoms with Gasteiger partial charge in [-0.2, -0.15) is 9.40 Å². The fraction of sp³-hybridized carbons (Fsp3) is 0.464. The van der Waals surface area contributed by atoms with Crippen LogP contribution in [-0.4, -0.2) is 99.9 Å². The summed E-state index contributed by atoms with van der Waals surface area (Å²) < 4.78 is 41.7. The van der Waals surface area contributed by atoms with Crippen LogP contribution in [0.25, 0.3) is 22.4 Å². The first-order chi connectivity index (χ1) is 20.3. The van der Waals surface area contributed by atoms with Gasteiger partial charge in [0.25, 0.3) is 5.56 Å². The van der Waals surface area contributed by atoms with Crippen LogP contribution in [0.1, 0.15) is 32.2 Å². The number of ether oxygens (including phenoxy) is 2. The van der Waals surface area contributed by atoms with Gasteiger partial charge in [-0.25, -0.2) is 18.4 Å². The van der Waals surface area contributed by atoms with Crippen molar-refractivity contribution in [3.05, 3.63) is 58.4 Å². The molecule has 224 valence electrons. The van der Waals surface area contributed by atoms with Gasteiger partial charge >= 0.3 is 0 Å². The number of sulfonamides is 1. The van der Waals surface area contributed by atoms with Crippen molar-refractivity contribution in [2.75, 3.05) is 52.5 Å². The minimum absolute atomic E-state index is 0.00362. The van der Waals surface area contributed by atoms with E-state index >= 15 is 0 Å². The molecule has 1 aliphatic rings. The summed E-state index contributed by atoms with van der Waals surface area (Å²) in [6.45, 7) is 10.3. The van der Waals surface area contributed by atoms with Gasteiger partial charge in [-0.05, 0) is 38.1 Å². The smallest absolute Gasteiger partial charge is 0.279 e. The molecule has 0 unspecified atom stereocenters. The van der Waals surface area contributed by atoms with E-state index in [0.29, 0.717) is 57.9 Å². The van der Waals surface area contributed by atoms with E-state index in [-0.39, 0.29) is 34.3 Å². The van der Waals surface area contributed by atoms with Crippen molar-refractivity contribution in [3.63, 3.8) is 0 Å². The molecule has 0 saturated carbocycles. The standard InChI is InChI=1S/C28H36N8O5S/c1-4-23-24-25(33-36(23)19-20-9-7-8-10-29-20)27(37)32-26(31-24)22-17-21(18-30-28(22)41-16-15-40-6-3)42(38,39)35-13-11-34(5-2)12-14-35/h7-10,17-18H,4-6,11-16,19H2,1-3H3,(H,31,32,37). The molecule has 0 aliphatic carbocycles. The first-order valence-corrected chi connectivity index (χ1v) is 15.6. The topological polar surface area (TPSA) is 148 Å². The van der Waals surface area contributed by atoms with E-state index in [1.165, 1.54) is 16.6 Å². The highest BCUT2D eigenvalue weighted by molar-refractivity contribution is 7.89. The lowest BCUT2D eigenvalue weighted by Crippen LogP contribution is -2.48. The normalized spacial score (nSPS) is 14.9. The molecule has 14 heteroatoms. The van der Waals surface area contributed by atoms with Gasteiger partial charge in [0, 0.05) is 39.0 Å². The number of nitrogens with zero attached hydrogens (tertiary/aromatic N) is 7. The molecule has 0 radical (unpaired) electrons. The van der Waals surface area contributed by atoms with E-state index in [9.17, 15) is 13.2 Å². The van der Waals surface area contributed by atoms with Gasteiger partial charge < -0.3 is 19.4 Å². The molecular formula is C28H36N8O5S. The average molecular weight is 597 g/mol. The lowest BCUT2D eigenvalue weighted by Gasteiger charge is -2.33. The molecular weight excluding hydrogens is 560 g/mol. The average Bonchev–Trinajstić information content (AvgIpc) is 3.37. The fourth-order valence-electron chi connectivity index (χ4n) is 4.95. The molecule has 1 N–H and O–H groups in total. The van der Waals surface area contributed by atoms with Crippen molar-refractivity contribution in [3.8, 4) is 17.3 Å². The molecule has 5 heterocycles. The number of aromatic amines is 1. The molecule has 42 heavy (non-hydrogen) atoms. The third-order valence-electron chi connectivity index (χ3n) is 7.24. The molecule has 0 bridgehead atoms. The number of pyridine rings is 2. The minimum Gasteiger partial charge on any atom is -0.475 e. The van der Waals surface area contributed by atoms with Crippen LogP contribution >= 0.6 is 0 Å². The van der Waals surface area contributed by atoms with Crippen molar-refractivity contribution < 1.29 is 17.9 Å². The summed E-state index contributed by atoms with van der Waals surface area (Å²) in [5.74, 6) is 0.289. The van der Waals surface area contributed by atoms with Crippen molar-refractivity contribution in [1.29, 1.82) is 0 Å². The minimum atomic E-state index is -3.85. The number of fused-ring (bicyclic) bond motifs is 1. The molecule has 1 saturated heterocycles. The molecule has 0 spiro atoms. The fourth-order valence-corrected chi connectivity index (χ4v) is 6.35. The monoisotopic (exact) mass is 596 g/mol. The summed E-state index contributed by atoms with van der Waals surface area (Å²) in [4.78, 5) is 31.8. The van der Waals surface area contributed by atoms with Gasteiger partial charge in [-0.15, -0.1) is 0 Å². The number of piperazine rings is 1. The highest BCUT2D eigenvalue weighted by Crippen LogP contribution is 2.30. The SMILES string of the molecule is CCOCCOc1ncc(S(=O)(=O)N2CCN(CC)CC2)cc1-c1nc2c(CC)n(Cc3ccccn3)nc2c(=O)[nH]1. The van der Waals surface area contributed by atoms with Crippen LogP contribution in [0.15, 0.2) is 46.3 Å². The highest BCUT2D eigenvalue weighted by atomic mass is 32.2. The first-order valence-electron chi connectivity index (χ1n) is 14.2. The summed E-state index contributed by atoms with van der Waals surface area (Å²) in [6, 6.07) is 7.09. The predicted octanol–water partition coefficient (Wildman–Crippen LogP) is 1.93. The zero-order valence-electron chi connectivity index (χ0n) is 24.1. The van der Waals surface area contributed by atoms with E-state index in [2.05, 4.69) is 31.9 Å². The second kappa shape index (κ2) is 13.1. The van der Waals surface area contributed by atoms with Crippen LogP contribution in [-0.2, 0) is 27.7 Å². The van der Waals surface area contributed by atoms with E-state index < -0.39 is 15.6 Å². The molecule has 4 aromatic heterocycles. The van der Waals surface area contributed by atoms with Crippen molar-refractivity contribution >= 4 is 21.1 Å². The van der Waals surface area contributed by atoms with Gasteiger partial charge in [0.05, 0.1) is 36.3 Å². The van der Waals surface area contributed by atoms with E-state index in [1.807, 2.05) is 32.0 Å². The lowest BCUT2D eigenvalue weighted by atomic mass is 10.2. The van der Waals surface area contributed by atoms with Crippen molar-refractivity contribution in [2.45, 2.75) is 38.6 Å². The number of hydrogen-bond acceptors (Lipinski definition) is 10. The van der Waals surface area contributed by atoms with Crippen molar-refractivity contribution in [2.24, 2.45) is 0 Å². The molecule has 0 aromatic carbocycles. The van der Waals surface area contributed by atoms with E-state index in [1.54, 1.807) is 10.9 Å². The Hall–Kier alpha value is -3.72. The zero-order valence-corrected chi connectivity index (χ0v) is 24.9. The van der Waals surface area contributed by atoms with E-state index in [4.69, 9.17) is 14.5 Å². The number of nitrogens with one attached hydrogen (secondary N) is 1. The van der Waals surface area contributed by atoms with Gasteiger partial charge in [0.15, 0.2) is 5.52 Å². The molecule has 4 aromatic rings. The molecule has 0 amide bonds. The second-order valence-corrected chi connectivity index (χ2v) is 11.7.